The van der Waals surface area contributed by atoms with Crippen molar-refractivity contribution in [1.29, 1.82) is 0 Å². The van der Waals surface area contributed by atoms with Gasteiger partial charge in [0, 0.05) is 12.8 Å². The van der Waals surface area contributed by atoms with Crippen LogP contribution in [-0.4, -0.2) is 10.9 Å². The standard InChI is InChI=1S/C14H20O2/c1-14(2,3)10-12(15)9-13(16)11-7-5-4-6-8-11/h4-8,13,16H,9-10H2,1-3H3. The maximum absolute atomic E-state index is 11.7. The molecule has 0 heterocycles. The summed E-state index contributed by atoms with van der Waals surface area (Å²) in [5.41, 5.74) is 0.804. The molecule has 0 aliphatic carbocycles. The Labute approximate surface area is 97.3 Å². The third kappa shape index (κ3) is 4.58. The zero-order valence-corrected chi connectivity index (χ0v) is 10.2. The molecule has 1 rings (SSSR count). The lowest BCUT2D eigenvalue weighted by Gasteiger charge is -2.18. The highest BCUT2D eigenvalue weighted by Gasteiger charge is 2.19. The van der Waals surface area contributed by atoms with E-state index in [1.54, 1.807) is 0 Å². The molecule has 0 saturated carbocycles. The largest absolute Gasteiger partial charge is 0.388 e. The van der Waals surface area contributed by atoms with Crippen LogP contribution in [0.3, 0.4) is 0 Å². The van der Waals surface area contributed by atoms with Gasteiger partial charge in [-0.3, -0.25) is 4.79 Å². The van der Waals surface area contributed by atoms with Crippen LogP contribution in [0.15, 0.2) is 30.3 Å². The number of aliphatic hydroxyl groups is 1. The van der Waals surface area contributed by atoms with Gasteiger partial charge < -0.3 is 5.11 Å². The lowest BCUT2D eigenvalue weighted by Crippen LogP contribution is -2.15. The minimum absolute atomic E-state index is 0.00646. The lowest BCUT2D eigenvalue weighted by molar-refractivity contribution is -0.122. The topological polar surface area (TPSA) is 37.3 Å². The molecule has 1 N–H and O–H groups in total. The van der Waals surface area contributed by atoms with Gasteiger partial charge in [0.15, 0.2) is 0 Å². The first-order chi connectivity index (χ1) is 7.38. The number of carbonyl (C=O) groups excluding carboxylic acids is 1. The normalized spacial score (nSPS) is 13.5. The molecular formula is C14H20O2. The lowest BCUT2D eigenvalue weighted by atomic mass is 9.88. The minimum atomic E-state index is -0.670. The number of hydrogen-bond acceptors (Lipinski definition) is 2. The summed E-state index contributed by atoms with van der Waals surface area (Å²) in [5, 5.41) is 9.87. The van der Waals surface area contributed by atoms with Gasteiger partial charge in [-0.25, -0.2) is 0 Å². The summed E-state index contributed by atoms with van der Waals surface area (Å²) in [4.78, 5) is 11.7. The van der Waals surface area contributed by atoms with Crippen LogP contribution in [0, 0.1) is 5.41 Å². The van der Waals surface area contributed by atoms with Gasteiger partial charge in [0.25, 0.3) is 0 Å². The van der Waals surface area contributed by atoms with Gasteiger partial charge in [0.05, 0.1) is 6.10 Å². The molecule has 88 valence electrons. The molecule has 0 aromatic heterocycles. The highest BCUT2D eigenvalue weighted by atomic mass is 16.3. The number of Topliss-reactive ketones (excluding diaryl/α,β-unsaturated/α-hetero) is 1. The monoisotopic (exact) mass is 220 g/mol. The molecule has 0 radical (unpaired) electrons. The predicted octanol–water partition coefficient (Wildman–Crippen LogP) is 3.12. The average molecular weight is 220 g/mol. The summed E-state index contributed by atoms with van der Waals surface area (Å²) >= 11 is 0. The van der Waals surface area contributed by atoms with Crippen LogP contribution in [-0.2, 0) is 4.79 Å². The molecule has 1 unspecified atom stereocenters. The first kappa shape index (κ1) is 12.9. The van der Waals surface area contributed by atoms with Gasteiger partial charge in [-0.05, 0) is 11.0 Å². The van der Waals surface area contributed by atoms with Gasteiger partial charge in [0.1, 0.15) is 5.78 Å². The molecule has 0 aliphatic rings. The predicted molar refractivity (Wildman–Crippen MR) is 65.1 cm³/mol. The van der Waals surface area contributed by atoms with Gasteiger partial charge >= 0.3 is 0 Å². The molecular weight excluding hydrogens is 200 g/mol. The fourth-order valence-electron chi connectivity index (χ4n) is 1.67. The smallest absolute Gasteiger partial charge is 0.136 e. The van der Waals surface area contributed by atoms with Crippen LogP contribution in [0.1, 0.15) is 45.3 Å². The Hall–Kier alpha value is -1.15. The Morgan fingerprint density at radius 3 is 2.31 bits per heavy atom. The van der Waals surface area contributed by atoms with Crippen molar-refractivity contribution in [2.45, 2.75) is 39.7 Å². The Kier molecular flexibility index (Phi) is 4.25. The maximum Gasteiger partial charge on any atom is 0.136 e. The number of rotatable bonds is 4. The summed E-state index contributed by atoms with van der Waals surface area (Å²) in [5.74, 6) is 0.115. The van der Waals surface area contributed by atoms with Crippen molar-refractivity contribution >= 4 is 5.78 Å². The van der Waals surface area contributed by atoms with Gasteiger partial charge in [-0.15, -0.1) is 0 Å². The Bertz CT molecular complexity index is 336. The molecule has 0 bridgehead atoms. The number of aliphatic hydroxyl groups excluding tert-OH is 1. The summed E-state index contributed by atoms with van der Waals surface area (Å²) in [6.45, 7) is 6.08. The Morgan fingerprint density at radius 2 is 1.81 bits per heavy atom. The summed E-state index contributed by atoms with van der Waals surface area (Å²) in [6, 6.07) is 9.32. The second-order valence-electron chi connectivity index (χ2n) is 5.41. The van der Waals surface area contributed by atoms with Crippen molar-refractivity contribution in [3.63, 3.8) is 0 Å². The second kappa shape index (κ2) is 5.26. The highest BCUT2D eigenvalue weighted by molar-refractivity contribution is 5.79. The van der Waals surface area contributed by atoms with Crippen LogP contribution in [0.5, 0.6) is 0 Å². The van der Waals surface area contributed by atoms with E-state index in [1.165, 1.54) is 0 Å². The quantitative estimate of drug-likeness (QED) is 0.846. The number of hydrogen-bond donors (Lipinski definition) is 1. The zero-order valence-electron chi connectivity index (χ0n) is 10.2. The fourth-order valence-corrected chi connectivity index (χ4v) is 1.67. The molecule has 2 nitrogen and oxygen atoms in total. The van der Waals surface area contributed by atoms with Crippen LogP contribution in [0.25, 0.3) is 0 Å². The van der Waals surface area contributed by atoms with E-state index in [1.807, 2.05) is 51.1 Å². The molecule has 0 saturated heterocycles. The van der Waals surface area contributed by atoms with E-state index in [-0.39, 0.29) is 17.6 Å². The van der Waals surface area contributed by atoms with Crippen LogP contribution >= 0.6 is 0 Å². The molecule has 0 aliphatic heterocycles. The Balaban J connectivity index is 2.52. The molecule has 1 atom stereocenters. The zero-order chi connectivity index (χ0) is 12.2. The van der Waals surface area contributed by atoms with E-state index < -0.39 is 6.10 Å². The molecule has 1 aromatic rings. The van der Waals surface area contributed by atoms with Gasteiger partial charge in [-0.1, -0.05) is 51.1 Å². The van der Waals surface area contributed by atoms with E-state index >= 15 is 0 Å². The average Bonchev–Trinajstić information content (AvgIpc) is 2.16. The van der Waals surface area contributed by atoms with Gasteiger partial charge in [0.2, 0.25) is 0 Å². The summed E-state index contributed by atoms with van der Waals surface area (Å²) < 4.78 is 0. The highest BCUT2D eigenvalue weighted by Crippen LogP contribution is 2.23. The number of carbonyl (C=O) groups is 1. The molecule has 0 amide bonds. The number of ketones is 1. The van der Waals surface area contributed by atoms with E-state index in [0.717, 1.165) is 5.56 Å². The molecule has 0 fully saturated rings. The summed E-state index contributed by atoms with van der Waals surface area (Å²) in [6.07, 6.45) is 0.0501. The third-order valence-corrected chi connectivity index (χ3v) is 2.33. The molecule has 1 aromatic carbocycles. The van der Waals surface area contributed by atoms with Crippen molar-refractivity contribution < 1.29 is 9.90 Å². The third-order valence-electron chi connectivity index (χ3n) is 2.33. The van der Waals surface area contributed by atoms with Crippen molar-refractivity contribution in [1.82, 2.24) is 0 Å². The second-order valence-corrected chi connectivity index (χ2v) is 5.41. The SMILES string of the molecule is CC(C)(C)CC(=O)CC(O)c1ccccc1. The van der Waals surface area contributed by atoms with Crippen LogP contribution in [0.4, 0.5) is 0 Å². The molecule has 2 heteroatoms. The van der Waals surface area contributed by atoms with E-state index in [4.69, 9.17) is 0 Å². The van der Waals surface area contributed by atoms with Gasteiger partial charge in [-0.2, -0.15) is 0 Å². The van der Waals surface area contributed by atoms with Crippen LogP contribution in [0.2, 0.25) is 0 Å². The number of benzene rings is 1. The Morgan fingerprint density at radius 1 is 1.25 bits per heavy atom. The van der Waals surface area contributed by atoms with E-state index in [2.05, 4.69) is 0 Å². The van der Waals surface area contributed by atoms with E-state index in [9.17, 15) is 9.90 Å². The van der Waals surface area contributed by atoms with Crippen molar-refractivity contribution in [2.24, 2.45) is 5.41 Å². The van der Waals surface area contributed by atoms with Crippen molar-refractivity contribution in [3.05, 3.63) is 35.9 Å². The van der Waals surface area contributed by atoms with Crippen LogP contribution < -0.4 is 0 Å². The first-order valence-corrected chi connectivity index (χ1v) is 5.63. The maximum atomic E-state index is 11.7. The van der Waals surface area contributed by atoms with Crippen molar-refractivity contribution in [2.75, 3.05) is 0 Å². The van der Waals surface area contributed by atoms with E-state index in [0.29, 0.717) is 6.42 Å². The molecule has 0 spiro atoms. The molecule has 16 heavy (non-hydrogen) atoms. The first-order valence-electron chi connectivity index (χ1n) is 5.63. The fraction of sp³-hybridized carbons (Fsp3) is 0.500. The van der Waals surface area contributed by atoms with Crippen molar-refractivity contribution in [3.8, 4) is 0 Å². The minimum Gasteiger partial charge on any atom is -0.388 e. The summed E-state index contributed by atoms with van der Waals surface area (Å²) in [7, 11) is 0.